The Morgan fingerprint density at radius 3 is 2.54 bits per heavy atom. The van der Waals surface area contributed by atoms with Crippen LogP contribution >= 0.6 is 35.1 Å². The van der Waals surface area contributed by atoms with Gasteiger partial charge in [-0.25, -0.2) is 9.97 Å². The molecule has 4 heterocycles. The fraction of sp³-hybridized carbons (Fsp3) is 0.333. The van der Waals surface area contributed by atoms with Gasteiger partial charge in [-0.2, -0.15) is 4.37 Å². The third-order valence-electron chi connectivity index (χ3n) is 5.68. The number of rotatable bonds is 8. The van der Waals surface area contributed by atoms with Gasteiger partial charge in [0, 0.05) is 41.5 Å². The number of ether oxygens (including phenoxy) is 1. The Hall–Kier alpha value is -3.00. The van der Waals surface area contributed by atoms with Crippen LogP contribution in [0, 0.1) is 6.92 Å². The van der Waals surface area contributed by atoms with Crippen molar-refractivity contribution in [2.24, 2.45) is 7.05 Å². The van der Waals surface area contributed by atoms with Crippen LogP contribution < -0.4 is 10.1 Å². The number of nitrogens with one attached hydrogen (secondary N) is 1. The molecule has 0 atom stereocenters. The van der Waals surface area contributed by atoms with Gasteiger partial charge in [0.2, 0.25) is 5.13 Å². The molecule has 0 spiro atoms. The van der Waals surface area contributed by atoms with Crippen LogP contribution in [0.2, 0.25) is 0 Å². The minimum atomic E-state index is -0.346. The Kier molecular flexibility index (Phi) is 8.03. The number of nitrogens with zero attached hydrogens (tertiary/aromatic N) is 7. The predicted molar refractivity (Wildman–Crippen MR) is 144 cm³/mol. The fourth-order valence-electron chi connectivity index (χ4n) is 3.70. The Labute approximate surface area is 227 Å². The van der Waals surface area contributed by atoms with Crippen molar-refractivity contribution in [1.29, 1.82) is 0 Å². The lowest BCUT2D eigenvalue weighted by atomic mass is 10.1. The molecule has 1 amide bonds. The summed E-state index contributed by atoms with van der Waals surface area (Å²) < 4.78 is 12.1. The number of likely N-dealkylation sites (tertiary alicyclic amines) is 1. The first kappa shape index (κ1) is 25.6. The number of anilines is 1. The molecule has 1 fully saturated rings. The molecule has 192 valence electrons. The van der Waals surface area contributed by atoms with Crippen molar-refractivity contribution in [3.63, 3.8) is 0 Å². The number of aryl methyl sites for hydroxylation is 2. The molecule has 1 aliphatic heterocycles. The zero-order chi connectivity index (χ0) is 25.8. The number of piperidine rings is 1. The van der Waals surface area contributed by atoms with Gasteiger partial charge in [-0.15, -0.1) is 10.2 Å². The van der Waals surface area contributed by atoms with Crippen LogP contribution in [0.1, 0.15) is 29.2 Å². The van der Waals surface area contributed by atoms with Gasteiger partial charge in [0.15, 0.2) is 5.16 Å². The predicted octanol–water partition coefficient (Wildman–Crippen LogP) is 4.40. The van der Waals surface area contributed by atoms with E-state index < -0.39 is 0 Å². The standard InChI is InChI=1S/C24H26N8O2S3/c1-15-26-23(37-30-15)28-22(33)21-19(8-9-20(27-21)36-24-29-25-14-32(24)3)35-18-6-4-16(5-7-18)34-17-10-12-31(2)13-11-17/h4-9,14,17H,10-13H2,1-3H3,(H,26,28,30,33). The van der Waals surface area contributed by atoms with E-state index in [2.05, 4.69) is 41.8 Å². The molecular formula is C24H26N8O2S3. The molecule has 13 heteroatoms. The van der Waals surface area contributed by atoms with Crippen LogP contribution in [0.5, 0.6) is 5.75 Å². The summed E-state index contributed by atoms with van der Waals surface area (Å²) in [5.41, 5.74) is 0.302. The second-order valence-corrected chi connectivity index (χ2v) is 11.5. The van der Waals surface area contributed by atoms with Gasteiger partial charge in [0.1, 0.15) is 34.7 Å². The number of carbonyl (C=O) groups excluding carboxylic acids is 1. The van der Waals surface area contributed by atoms with Crippen LogP contribution in [0.15, 0.2) is 62.7 Å². The summed E-state index contributed by atoms with van der Waals surface area (Å²) in [5, 5.41) is 12.6. The SMILES string of the molecule is Cc1nsc(NC(=O)c2nc(Sc3nncn3C)ccc2Sc2ccc(OC3CCN(C)CC3)cc2)n1. The normalized spacial score (nSPS) is 14.6. The third kappa shape index (κ3) is 6.66. The summed E-state index contributed by atoms with van der Waals surface area (Å²) in [7, 11) is 4.00. The van der Waals surface area contributed by atoms with E-state index in [1.54, 1.807) is 17.8 Å². The highest BCUT2D eigenvalue weighted by atomic mass is 32.2. The maximum atomic E-state index is 13.2. The number of pyridine rings is 1. The lowest BCUT2D eigenvalue weighted by Gasteiger charge is -2.29. The van der Waals surface area contributed by atoms with E-state index >= 15 is 0 Å². The Balaban J connectivity index is 1.34. The van der Waals surface area contributed by atoms with Crippen molar-refractivity contribution in [3.8, 4) is 5.75 Å². The topological polar surface area (TPSA) is 111 Å². The number of amides is 1. The number of carbonyl (C=O) groups is 1. The molecule has 0 aliphatic carbocycles. The second kappa shape index (κ2) is 11.6. The van der Waals surface area contributed by atoms with Crippen molar-refractivity contribution < 1.29 is 9.53 Å². The average Bonchev–Trinajstić information content (AvgIpc) is 3.49. The van der Waals surface area contributed by atoms with Crippen molar-refractivity contribution in [2.45, 2.75) is 45.8 Å². The van der Waals surface area contributed by atoms with Gasteiger partial charge >= 0.3 is 0 Å². The first-order chi connectivity index (χ1) is 17.9. The van der Waals surface area contributed by atoms with Crippen molar-refractivity contribution >= 4 is 46.1 Å². The summed E-state index contributed by atoms with van der Waals surface area (Å²) in [6, 6.07) is 11.8. The van der Waals surface area contributed by atoms with E-state index in [0.717, 1.165) is 53.0 Å². The number of hydrogen-bond donors (Lipinski definition) is 1. The summed E-state index contributed by atoms with van der Waals surface area (Å²) in [6.45, 7) is 3.89. The van der Waals surface area contributed by atoms with Gasteiger partial charge in [0.05, 0.1) is 0 Å². The minimum absolute atomic E-state index is 0.247. The molecule has 37 heavy (non-hydrogen) atoms. The molecule has 10 nitrogen and oxygen atoms in total. The Bertz CT molecular complexity index is 1370. The van der Waals surface area contributed by atoms with E-state index in [1.807, 2.05) is 43.4 Å². The van der Waals surface area contributed by atoms with Crippen LogP contribution in [-0.4, -0.2) is 66.2 Å². The summed E-state index contributed by atoms with van der Waals surface area (Å²) in [6.07, 6.45) is 3.93. The third-order valence-corrected chi connectivity index (χ3v) is 8.45. The van der Waals surface area contributed by atoms with E-state index in [1.165, 1.54) is 23.5 Å². The molecule has 0 unspecified atom stereocenters. The molecule has 5 rings (SSSR count). The molecule has 0 bridgehead atoms. The summed E-state index contributed by atoms with van der Waals surface area (Å²) in [4.78, 5) is 26.2. The Morgan fingerprint density at radius 2 is 1.86 bits per heavy atom. The van der Waals surface area contributed by atoms with Gasteiger partial charge in [-0.3, -0.25) is 10.1 Å². The van der Waals surface area contributed by atoms with Gasteiger partial charge in [0.25, 0.3) is 5.91 Å². The lowest BCUT2D eigenvalue weighted by Crippen LogP contribution is -2.35. The highest BCUT2D eigenvalue weighted by Gasteiger charge is 2.20. The van der Waals surface area contributed by atoms with E-state index in [9.17, 15) is 4.79 Å². The van der Waals surface area contributed by atoms with Gasteiger partial charge in [-0.05, 0) is 75.0 Å². The van der Waals surface area contributed by atoms with Crippen molar-refractivity contribution in [2.75, 3.05) is 25.5 Å². The number of benzene rings is 1. The summed E-state index contributed by atoms with van der Waals surface area (Å²) >= 11 is 3.95. The summed E-state index contributed by atoms with van der Waals surface area (Å²) in [5.74, 6) is 1.12. The van der Waals surface area contributed by atoms with E-state index in [-0.39, 0.29) is 12.0 Å². The molecule has 1 aromatic carbocycles. The first-order valence-electron chi connectivity index (χ1n) is 11.7. The molecular weight excluding hydrogens is 529 g/mol. The van der Waals surface area contributed by atoms with E-state index in [0.29, 0.717) is 26.8 Å². The van der Waals surface area contributed by atoms with Crippen LogP contribution in [0.4, 0.5) is 5.13 Å². The fourth-order valence-corrected chi connectivity index (χ4v) is 5.91. The van der Waals surface area contributed by atoms with E-state index in [4.69, 9.17) is 4.74 Å². The van der Waals surface area contributed by atoms with Crippen molar-refractivity contribution in [3.05, 3.63) is 54.2 Å². The zero-order valence-corrected chi connectivity index (χ0v) is 23.1. The quantitative estimate of drug-likeness (QED) is 0.336. The number of hydrogen-bond acceptors (Lipinski definition) is 11. The monoisotopic (exact) mass is 554 g/mol. The molecule has 1 N–H and O–H groups in total. The van der Waals surface area contributed by atoms with Gasteiger partial charge < -0.3 is 14.2 Å². The van der Waals surface area contributed by atoms with Crippen LogP contribution in [0.3, 0.4) is 0 Å². The minimum Gasteiger partial charge on any atom is -0.490 e. The molecule has 1 aliphatic rings. The van der Waals surface area contributed by atoms with Gasteiger partial charge in [-0.1, -0.05) is 11.8 Å². The van der Waals surface area contributed by atoms with Crippen LogP contribution in [0.25, 0.3) is 0 Å². The molecule has 0 saturated carbocycles. The highest BCUT2D eigenvalue weighted by molar-refractivity contribution is 7.99. The number of aromatic nitrogens is 6. The molecule has 0 radical (unpaired) electrons. The van der Waals surface area contributed by atoms with Crippen LogP contribution in [-0.2, 0) is 7.05 Å². The van der Waals surface area contributed by atoms with Crippen molar-refractivity contribution in [1.82, 2.24) is 34.0 Å². The maximum Gasteiger partial charge on any atom is 0.277 e. The molecule has 3 aromatic heterocycles. The first-order valence-corrected chi connectivity index (χ1v) is 14.1. The lowest BCUT2D eigenvalue weighted by molar-refractivity contribution is 0.101. The average molecular weight is 555 g/mol. The molecule has 4 aromatic rings. The Morgan fingerprint density at radius 1 is 1.08 bits per heavy atom. The zero-order valence-electron chi connectivity index (χ0n) is 20.6. The maximum absolute atomic E-state index is 13.2. The smallest absolute Gasteiger partial charge is 0.277 e. The highest BCUT2D eigenvalue weighted by Crippen LogP contribution is 2.34. The largest absolute Gasteiger partial charge is 0.490 e. The second-order valence-electron chi connectivity index (χ2n) is 8.62. The molecule has 1 saturated heterocycles.